The average molecular weight is 303 g/mol. The Morgan fingerprint density at radius 3 is 2.38 bits per heavy atom. The van der Waals surface area contributed by atoms with E-state index in [2.05, 4.69) is 23.7 Å². The Morgan fingerprint density at radius 2 is 1.86 bits per heavy atom. The Labute approximate surface area is 127 Å². The van der Waals surface area contributed by atoms with Gasteiger partial charge in [-0.2, -0.15) is 0 Å². The summed E-state index contributed by atoms with van der Waals surface area (Å²) in [5.74, 6) is 0. The molecule has 0 bridgehead atoms. The van der Waals surface area contributed by atoms with Gasteiger partial charge in [-0.25, -0.2) is 0 Å². The third kappa shape index (κ3) is 3.88. The first-order valence-corrected chi connectivity index (χ1v) is 7.59. The molecule has 0 radical (unpaired) electrons. The zero-order valence-electron chi connectivity index (χ0n) is 12.0. The van der Waals surface area contributed by atoms with Crippen LogP contribution < -0.4 is 4.90 Å². The largest absolute Gasteiger partial charge is 0.372 e. The molecule has 0 N–H and O–H groups in total. The van der Waals surface area contributed by atoms with Gasteiger partial charge in [0.15, 0.2) is 0 Å². The summed E-state index contributed by atoms with van der Waals surface area (Å²) in [6.45, 7) is 6.19. The molecule has 6 heteroatoms. The van der Waals surface area contributed by atoms with Crippen molar-refractivity contribution in [2.24, 2.45) is 4.99 Å². The van der Waals surface area contributed by atoms with Gasteiger partial charge in [-0.15, -0.1) is 0 Å². The maximum absolute atomic E-state index is 10.6. The molecule has 2 aromatic rings. The fraction of sp³-hybridized carbons (Fsp3) is 0.267. The van der Waals surface area contributed by atoms with Crippen molar-refractivity contribution >= 4 is 33.9 Å². The maximum Gasteiger partial charge on any atom is 0.324 e. The van der Waals surface area contributed by atoms with E-state index in [-0.39, 0.29) is 9.92 Å². The molecule has 2 rings (SSSR count). The van der Waals surface area contributed by atoms with Gasteiger partial charge in [0.1, 0.15) is 0 Å². The van der Waals surface area contributed by atoms with Crippen molar-refractivity contribution in [3.63, 3.8) is 0 Å². The van der Waals surface area contributed by atoms with Gasteiger partial charge in [0.25, 0.3) is 0 Å². The first kappa shape index (κ1) is 15.2. The van der Waals surface area contributed by atoms with Crippen molar-refractivity contribution in [3.8, 4) is 0 Å². The minimum atomic E-state index is -0.388. The van der Waals surface area contributed by atoms with Crippen LogP contribution >= 0.6 is 11.3 Å². The summed E-state index contributed by atoms with van der Waals surface area (Å²) in [4.78, 5) is 17.6. The van der Waals surface area contributed by atoms with E-state index in [4.69, 9.17) is 0 Å². The average Bonchev–Trinajstić information content (AvgIpc) is 2.97. The van der Waals surface area contributed by atoms with E-state index >= 15 is 0 Å². The summed E-state index contributed by atoms with van der Waals surface area (Å²) in [6.07, 6.45) is 1.66. The molecule has 1 aromatic carbocycles. The lowest BCUT2D eigenvalue weighted by atomic mass is 10.2. The van der Waals surface area contributed by atoms with Crippen molar-refractivity contribution in [2.45, 2.75) is 13.8 Å². The van der Waals surface area contributed by atoms with Crippen molar-refractivity contribution < 1.29 is 4.92 Å². The van der Waals surface area contributed by atoms with Crippen LogP contribution in [0.4, 0.5) is 16.4 Å². The van der Waals surface area contributed by atoms with Crippen LogP contribution in [-0.4, -0.2) is 24.2 Å². The van der Waals surface area contributed by atoms with Gasteiger partial charge in [-0.05, 0) is 44.2 Å². The van der Waals surface area contributed by atoms with Gasteiger partial charge >= 0.3 is 5.00 Å². The normalized spacial score (nSPS) is 11.0. The van der Waals surface area contributed by atoms with Crippen molar-refractivity contribution in [2.75, 3.05) is 18.0 Å². The van der Waals surface area contributed by atoms with Crippen molar-refractivity contribution in [1.82, 2.24) is 0 Å². The molecule has 21 heavy (non-hydrogen) atoms. The molecule has 0 aliphatic carbocycles. The van der Waals surface area contributed by atoms with Crippen LogP contribution in [0.3, 0.4) is 0 Å². The zero-order chi connectivity index (χ0) is 15.2. The van der Waals surface area contributed by atoms with Crippen LogP contribution in [0.25, 0.3) is 0 Å². The Morgan fingerprint density at radius 1 is 1.19 bits per heavy atom. The summed E-state index contributed by atoms with van der Waals surface area (Å²) in [7, 11) is 0. The number of hydrogen-bond acceptors (Lipinski definition) is 5. The Hall–Kier alpha value is -2.21. The standard InChI is InChI=1S/C15H17N3O2S/c1-3-17(4-2)13-7-5-12(6-8-13)16-11-14-9-10-15(21-14)18(19)20/h5-11H,3-4H2,1-2H3. The van der Waals surface area contributed by atoms with E-state index in [0.29, 0.717) is 0 Å². The molecule has 0 fully saturated rings. The first-order chi connectivity index (χ1) is 10.1. The van der Waals surface area contributed by atoms with Crippen LogP contribution in [0.5, 0.6) is 0 Å². The molecule has 0 aliphatic rings. The second-order valence-corrected chi connectivity index (χ2v) is 5.47. The number of nitrogens with zero attached hydrogens (tertiary/aromatic N) is 3. The molecular weight excluding hydrogens is 286 g/mol. The Balaban J connectivity index is 2.08. The van der Waals surface area contributed by atoms with Crippen LogP contribution in [-0.2, 0) is 0 Å². The molecule has 0 spiro atoms. The van der Waals surface area contributed by atoms with Gasteiger partial charge in [0, 0.05) is 31.1 Å². The third-order valence-corrected chi connectivity index (χ3v) is 4.08. The zero-order valence-corrected chi connectivity index (χ0v) is 12.8. The van der Waals surface area contributed by atoms with E-state index < -0.39 is 0 Å². The SMILES string of the molecule is CCN(CC)c1ccc(N=Cc2ccc([N+](=O)[O-])s2)cc1. The van der Waals surface area contributed by atoms with Crippen LogP contribution in [0.2, 0.25) is 0 Å². The second-order valence-electron chi connectivity index (χ2n) is 4.38. The fourth-order valence-electron chi connectivity index (χ4n) is 1.99. The number of thiophene rings is 1. The number of hydrogen-bond donors (Lipinski definition) is 0. The molecule has 0 unspecified atom stereocenters. The molecule has 1 heterocycles. The highest BCUT2D eigenvalue weighted by Crippen LogP contribution is 2.24. The second kappa shape index (κ2) is 6.99. The van der Waals surface area contributed by atoms with E-state index in [1.807, 2.05) is 24.3 Å². The molecule has 0 atom stereocenters. The minimum Gasteiger partial charge on any atom is -0.372 e. The highest BCUT2D eigenvalue weighted by atomic mass is 32.1. The van der Waals surface area contributed by atoms with Gasteiger partial charge in [0.05, 0.1) is 15.5 Å². The number of benzene rings is 1. The Bertz CT molecular complexity index is 631. The fourth-order valence-corrected chi connectivity index (χ4v) is 2.68. The molecule has 5 nitrogen and oxygen atoms in total. The lowest BCUT2D eigenvalue weighted by Crippen LogP contribution is -2.21. The summed E-state index contributed by atoms with van der Waals surface area (Å²) < 4.78 is 0. The maximum atomic E-state index is 10.6. The third-order valence-electron chi connectivity index (χ3n) is 3.11. The van der Waals surface area contributed by atoms with Gasteiger partial charge in [-0.3, -0.25) is 15.1 Å². The van der Waals surface area contributed by atoms with Gasteiger partial charge < -0.3 is 4.90 Å². The van der Waals surface area contributed by atoms with Crippen LogP contribution in [0.1, 0.15) is 18.7 Å². The molecule has 0 aliphatic heterocycles. The quantitative estimate of drug-likeness (QED) is 0.455. The van der Waals surface area contributed by atoms with Crippen LogP contribution in [0, 0.1) is 10.1 Å². The lowest BCUT2D eigenvalue weighted by molar-refractivity contribution is -0.380. The topological polar surface area (TPSA) is 58.7 Å². The smallest absolute Gasteiger partial charge is 0.324 e. The van der Waals surface area contributed by atoms with Gasteiger partial charge in [0.2, 0.25) is 0 Å². The summed E-state index contributed by atoms with van der Waals surface area (Å²) >= 11 is 1.12. The number of rotatable bonds is 6. The predicted octanol–water partition coefficient (Wildman–Crippen LogP) is 4.25. The molecule has 1 aromatic heterocycles. The highest BCUT2D eigenvalue weighted by Gasteiger charge is 2.08. The van der Waals surface area contributed by atoms with Crippen LogP contribution in [0.15, 0.2) is 41.4 Å². The van der Waals surface area contributed by atoms with Crippen molar-refractivity contribution in [3.05, 3.63) is 51.4 Å². The molecule has 110 valence electrons. The molecule has 0 saturated heterocycles. The molecule has 0 amide bonds. The number of nitro groups is 1. The summed E-state index contributed by atoms with van der Waals surface area (Å²) in [5, 5.41) is 10.7. The Kier molecular flexibility index (Phi) is 5.05. The number of aliphatic imine (C=N–C) groups is 1. The highest BCUT2D eigenvalue weighted by molar-refractivity contribution is 7.16. The van der Waals surface area contributed by atoms with E-state index in [1.165, 1.54) is 11.8 Å². The van der Waals surface area contributed by atoms with E-state index in [0.717, 1.165) is 35.0 Å². The van der Waals surface area contributed by atoms with E-state index in [9.17, 15) is 10.1 Å². The summed E-state index contributed by atoms with van der Waals surface area (Å²) in [6, 6.07) is 11.2. The molecule has 0 saturated carbocycles. The summed E-state index contributed by atoms with van der Waals surface area (Å²) in [5.41, 5.74) is 2.01. The van der Waals surface area contributed by atoms with Gasteiger partial charge in [-0.1, -0.05) is 11.3 Å². The van der Waals surface area contributed by atoms with Crippen molar-refractivity contribution in [1.29, 1.82) is 0 Å². The number of anilines is 1. The first-order valence-electron chi connectivity index (χ1n) is 6.77. The monoisotopic (exact) mass is 303 g/mol. The predicted molar refractivity (Wildman–Crippen MR) is 88.2 cm³/mol. The lowest BCUT2D eigenvalue weighted by Gasteiger charge is -2.20. The molecular formula is C15H17N3O2S. The minimum absolute atomic E-state index is 0.133. The van der Waals surface area contributed by atoms with E-state index in [1.54, 1.807) is 12.3 Å².